The van der Waals surface area contributed by atoms with Crippen molar-refractivity contribution in [1.82, 2.24) is 105 Å². The number of phenolic OH excluding ortho intramolecular Hbond substituents is 1. The predicted octanol–water partition coefficient (Wildman–Crippen LogP) is -4.87. The van der Waals surface area contributed by atoms with Gasteiger partial charge in [0.25, 0.3) is 0 Å². The molecule has 0 radical (unpaired) electrons. The Morgan fingerprint density at radius 3 is 1.61 bits per heavy atom. The van der Waals surface area contributed by atoms with Gasteiger partial charge in [-0.1, -0.05) is 124 Å². The molecule has 7 rings (SSSR count). The van der Waals surface area contributed by atoms with Crippen molar-refractivity contribution < 1.29 is 107 Å². The van der Waals surface area contributed by atoms with Gasteiger partial charge in [0.15, 0.2) is 11.9 Å². The number of carboxylic acid groups (broad SMARTS) is 1. The van der Waals surface area contributed by atoms with Crippen molar-refractivity contribution in [3.8, 4) is 5.75 Å². The first-order valence-corrected chi connectivity index (χ1v) is 52.4. The zero-order valence-corrected chi connectivity index (χ0v) is 86.4. The Labute approximate surface area is 866 Å². The normalized spacial score (nSPS) is 22.0. The van der Waals surface area contributed by atoms with Gasteiger partial charge in [-0.2, -0.15) is 0 Å². The van der Waals surface area contributed by atoms with Crippen LogP contribution in [0.2, 0.25) is 0 Å². The highest BCUT2D eigenvalue weighted by Crippen LogP contribution is 2.28. The molecule has 4 heterocycles. The summed E-state index contributed by atoms with van der Waals surface area (Å²) in [5.41, 5.74) is 30.8. The number of rotatable bonds is 43. The molecule has 4 aromatic rings. The van der Waals surface area contributed by atoms with E-state index in [0.29, 0.717) is 34.0 Å². The number of aromatic hydroxyl groups is 1. The van der Waals surface area contributed by atoms with Crippen LogP contribution in [-0.4, -0.2) is 326 Å². The molecule has 34 N–H and O–H groups in total. The van der Waals surface area contributed by atoms with Crippen LogP contribution < -0.4 is 119 Å². The molecule has 3 aromatic carbocycles. The van der Waals surface area contributed by atoms with Gasteiger partial charge in [0.1, 0.15) is 102 Å². The number of aromatic amines is 1. The number of aliphatic carboxylic acids is 1. The SMILES string of the molecule is CC(C)C[C@H](N)C(=O)N[C@H](C(=O)N[C@@H](CCCNC(=N)N)C(=O)NCC(=O)N[C@H]1CSSC[C@@H](C(=O)N[C@@H](Cc2ccccc2)C(=O)N[C@H](C(=O)N[C@@H](CCCNC(=N)N)C(=O)O)C(C)C)NC(=O)[C@@H]2CCCN2C(=O)[C@H](CCCCN)NC(=O)[C@H](C)NC(=O)[C@@H]2CCCN2C(=O)[C@H](Cc2ccc(O)cc2)NC(=O)[C@H](CO)NC(=O)[C@H](CCCCN)NC(=O)[C@H]([C@@H](C)O)NC(=O)[C@H](Cc2c[nH]c3ccccc23)NC1=O)C(C)C. The summed E-state index contributed by atoms with van der Waals surface area (Å²) in [5.74, 6) is -21.5. The Bertz CT molecular complexity index is 5200. The summed E-state index contributed by atoms with van der Waals surface area (Å²) in [5, 5.41) is 103. The summed E-state index contributed by atoms with van der Waals surface area (Å²) in [4.78, 5) is 271. The van der Waals surface area contributed by atoms with Crippen molar-refractivity contribution in [1.29, 1.82) is 10.8 Å². The number of nitrogens with two attached hydrogens (primary N) is 5. The summed E-state index contributed by atoms with van der Waals surface area (Å²) < 4.78 is 0. The minimum absolute atomic E-state index is 0.00735. The smallest absolute Gasteiger partial charge is 0.326 e. The second kappa shape index (κ2) is 61.3. The number of carboxylic acids is 1. The molecule has 3 fully saturated rings. The molecule has 0 spiro atoms. The number of nitrogens with one attached hydrogen (secondary N) is 20. The lowest BCUT2D eigenvalue weighted by Gasteiger charge is -2.31. The molecule has 148 heavy (non-hydrogen) atoms. The van der Waals surface area contributed by atoms with Gasteiger partial charge in [-0.25, -0.2) is 4.79 Å². The number of hydrogen-bond acceptors (Lipinski definition) is 28. The van der Waals surface area contributed by atoms with Crippen molar-refractivity contribution in [2.75, 3.05) is 63.9 Å². The number of fused-ring (bicyclic) bond motifs is 3. The van der Waals surface area contributed by atoms with Crippen molar-refractivity contribution in [2.24, 2.45) is 46.4 Å². The van der Waals surface area contributed by atoms with Crippen molar-refractivity contribution >= 4 is 151 Å². The van der Waals surface area contributed by atoms with Gasteiger partial charge in [0, 0.05) is 74.0 Å². The van der Waals surface area contributed by atoms with E-state index in [4.69, 9.17) is 39.5 Å². The van der Waals surface area contributed by atoms with E-state index in [-0.39, 0.29) is 160 Å². The fourth-order valence-corrected chi connectivity index (χ4v) is 19.3. The number of para-hydroxylation sites is 1. The highest BCUT2D eigenvalue weighted by Gasteiger charge is 2.45. The van der Waals surface area contributed by atoms with Crippen LogP contribution in [0.5, 0.6) is 5.75 Å². The van der Waals surface area contributed by atoms with Crippen LogP contribution in [0.4, 0.5) is 0 Å². The van der Waals surface area contributed by atoms with Gasteiger partial charge in [0.2, 0.25) is 100 Å². The Hall–Kier alpha value is -13.5. The highest BCUT2D eigenvalue weighted by atomic mass is 33.1. The van der Waals surface area contributed by atoms with Gasteiger partial charge in [0.05, 0.1) is 25.3 Å². The first-order chi connectivity index (χ1) is 70.3. The van der Waals surface area contributed by atoms with E-state index in [1.54, 1.807) is 82.3 Å². The molecule has 3 saturated heterocycles. The fraction of sp³-hybridized carbons (Fsp3) is 0.588. The summed E-state index contributed by atoms with van der Waals surface area (Å²) in [6.07, 6.45) is -0.187. The summed E-state index contributed by atoms with van der Waals surface area (Å²) in [6, 6.07) is -6.01. The average molecular weight is 2110 g/mol. The number of carbonyl (C=O) groups excluding carboxylic acids is 17. The van der Waals surface area contributed by atoms with Crippen LogP contribution >= 0.6 is 21.6 Å². The van der Waals surface area contributed by atoms with E-state index in [2.05, 4.69) is 95.4 Å². The summed E-state index contributed by atoms with van der Waals surface area (Å²) in [6.45, 7) is 10.6. The lowest BCUT2D eigenvalue weighted by Crippen LogP contribution is -2.62. The largest absolute Gasteiger partial charge is 0.508 e. The van der Waals surface area contributed by atoms with E-state index in [9.17, 15) is 73.2 Å². The number of benzene rings is 3. The third kappa shape index (κ3) is 39.0. The van der Waals surface area contributed by atoms with E-state index in [1.165, 1.54) is 47.2 Å². The van der Waals surface area contributed by atoms with Gasteiger partial charge in [-0.15, -0.1) is 0 Å². The fourth-order valence-electron chi connectivity index (χ4n) is 17.0. The van der Waals surface area contributed by atoms with Crippen LogP contribution in [0.3, 0.4) is 0 Å². The molecule has 17 amide bonds. The second-order valence-electron chi connectivity index (χ2n) is 38.2. The van der Waals surface area contributed by atoms with Crippen LogP contribution in [0.15, 0.2) is 85.1 Å². The first kappa shape index (κ1) is 121. The molecule has 49 nitrogen and oxygen atoms in total. The molecule has 0 saturated carbocycles. The molecule has 0 aliphatic carbocycles. The van der Waals surface area contributed by atoms with Crippen LogP contribution in [0, 0.1) is 28.6 Å². The van der Waals surface area contributed by atoms with Crippen LogP contribution in [-0.2, 0) is 106 Å². The summed E-state index contributed by atoms with van der Waals surface area (Å²) in [7, 11) is 1.56. The predicted molar refractivity (Wildman–Crippen MR) is 552 cm³/mol. The second-order valence-corrected chi connectivity index (χ2v) is 40.7. The van der Waals surface area contributed by atoms with E-state index in [1.807, 2.05) is 13.8 Å². The monoisotopic (exact) mass is 2110 g/mol. The number of nitrogens with zero attached hydrogens (tertiary/aromatic N) is 2. The maximum atomic E-state index is 15.8. The lowest BCUT2D eigenvalue weighted by molar-refractivity contribution is -0.143. The number of hydrogen-bond donors (Lipinski definition) is 29. The molecule has 51 heteroatoms. The van der Waals surface area contributed by atoms with Gasteiger partial charge >= 0.3 is 5.97 Å². The topological polar surface area (TPSA) is 793 Å². The van der Waals surface area contributed by atoms with E-state index in [0.717, 1.165) is 28.5 Å². The highest BCUT2D eigenvalue weighted by molar-refractivity contribution is 8.76. The molecule has 3 aliphatic rings. The third-order valence-electron chi connectivity index (χ3n) is 25.1. The molecular formula is C97H149N27O22S2. The van der Waals surface area contributed by atoms with Crippen molar-refractivity contribution in [3.05, 3.63) is 102 Å². The Balaban J connectivity index is 1.37. The zero-order valence-electron chi connectivity index (χ0n) is 84.7. The number of aromatic nitrogens is 1. The minimum atomic E-state index is -2.02. The van der Waals surface area contributed by atoms with Gasteiger partial charge in [-0.05, 0) is 176 Å². The maximum Gasteiger partial charge on any atom is 0.326 e. The average Bonchev–Trinajstić information content (AvgIpc) is 1.64. The quantitative estimate of drug-likeness (QED) is 0.00855. The molecule has 0 bridgehead atoms. The molecular weight excluding hydrogens is 1960 g/mol. The molecule has 816 valence electrons. The maximum absolute atomic E-state index is 15.8. The number of phenols is 1. The van der Waals surface area contributed by atoms with Gasteiger partial charge < -0.3 is 154 Å². The Morgan fingerprint density at radius 1 is 0.514 bits per heavy atom. The number of unbranched alkanes of at least 4 members (excludes halogenated alkanes) is 2. The Morgan fingerprint density at radius 2 is 1.03 bits per heavy atom. The standard InChI is InChI=1S/C97H149N27O22S2/c1-51(2)42-61(100)80(130)120-76(52(3)4)90(140)111-63(28-18-38-105-96(101)102)81(131)108-47-75(128)110-71-49-147-148-50-72(87(137)115-67(43-56-22-10-9-11-23-56)83(133)121-77(53(5)6)91(141)114-66(95(145)146)29-19-39-106-97(103)104)119-89(139)74-31-21-40-123(74)93(143)65(27-15-17-37-99)113-79(129)54(7)109-88(138)73-30-20-41-124(73)94(144)69(44-57-32-34-59(127)35-33-57)117-85(135)70(48-125)118-82(132)64(26-14-16-36-98)112-92(142)78(55(8)126)122-84(134)68(116-86(71)136)45-58-46-107-62-25-13-12-24-60(58)62/h9-13,22-25,32-35,46,51-55,61,63-74,76-78,107,125-127H,14-21,26-31,36-45,47-50,98-100H2,1-8H3,(H,108,131)(H,109,138)(H,110,128)(H,111,140)(H,112,142)(H,113,129)(H,114,141)(H,115,137)(H,116,136)(H,117,135)(H,118,132)(H,119,139)(H,120,130)(H,121,133)(H,122,134)(H,145,146)(H4,101,102,105)(H4,103,104,106)/t54-,55+,61-,63-,64-,65-,66-,67-,68-,69-,70-,71-,72-,73-,74-,76-,77-,78-/m0/s1. The number of aliphatic hydroxyl groups excluding tert-OH is 2. The number of H-pyrrole nitrogens is 1. The molecule has 1 aromatic heterocycles. The number of guanidine groups is 2. The third-order valence-corrected chi connectivity index (χ3v) is 27.5. The first-order valence-electron chi connectivity index (χ1n) is 49.9. The van der Waals surface area contributed by atoms with E-state index >= 15 is 33.6 Å². The minimum Gasteiger partial charge on any atom is -0.508 e. The number of amides is 17. The van der Waals surface area contributed by atoms with Gasteiger partial charge in [-0.3, -0.25) is 92.3 Å². The molecule has 3 aliphatic heterocycles. The zero-order chi connectivity index (χ0) is 109. The van der Waals surface area contributed by atoms with Crippen LogP contribution in [0.25, 0.3) is 10.9 Å². The summed E-state index contributed by atoms with van der Waals surface area (Å²) >= 11 is 0. The van der Waals surface area contributed by atoms with E-state index < -0.39 is 264 Å². The molecule has 18 atom stereocenters. The molecule has 0 unspecified atom stereocenters. The Kier molecular flexibility index (Phi) is 50.3. The number of carbonyl (C=O) groups is 18. The van der Waals surface area contributed by atoms with Crippen LogP contribution in [0.1, 0.15) is 168 Å². The van der Waals surface area contributed by atoms with Crippen molar-refractivity contribution in [3.63, 3.8) is 0 Å². The lowest BCUT2D eigenvalue weighted by atomic mass is 10.00. The number of aliphatic hydroxyl groups is 2. The van der Waals surface area contributed by atoms with Crippen molar-refractivity contribution in [2.45, 2.75) is 280 Å².